The number of aryl methyl sites for hydroxylation is 1. The highest BCUT2D eigenvalue weighted by Gasteiger charge is 2.12. The predicted octanol–water partition coefficient (Wildman–Crippen LogP) is 2.85. The van der Waals surface area contributed by atoms with Crippen LogP contribution in [-0.4, -0.2) is 28.7 Å². The first-order chi connectivity index (χ1) is 12.0. The minimum atomic E-state index is -1.01. The summed E-state index contributed by atoms with van der Waals surface area (Å²) in [5.74, 6) is -0.801. The number of amides is 1. The van der Waals surface area contributed by atoms with Crippen LogP contribution in [0.2, 0.25) is 0 Å². The van der Waals surface area contributed by atoms with Gasteiger partial charge in [-0.2, -0.15) is 4.99 Å². The number of hydrogen-bond donors (Lipinski definition) is 1. The van der Waals surface area contributed by atoms with Gasteiger partial charge >= 0.3 is 5.97 Å². The van der Waals surface area contributed by atoms with Gasteiger partial charge in [0.15, 0.2) is 4.80 Å². The van der Waals surface area contributed by atoms with Gasteiger partial charge in [0.1, 0.15) is 12.3 Å². The zero-order valence-corrected chi connectivity index (χ0v) is 14.5. The van der Waals surface area contributed by atoms with E-state index in [0.29, 0.717) is 21.6 Å². The Balaban J connectivity index is 2.14. The normalized spacial score (nSPS) is 11.7. The van der Waals surface area contributed by atoms with E-state index in [2.05, 4.69) is 4.99 Å². The van der Waals surface area contributed by atoms with Crippen LogP contribution in [0.1, 0.15) is 15.9 Å². The molecule has 6 nitrogen and oxygen atoms in total. The van der Waals surface area contributed by atoms with Crippen molar-refractivity contribution in [3.05, 3.63) is 58.4 Å². The molecule has 25 heavy (non-hydrogen) atoms. The zero-order chi connectivity index (χ0) is 18.0. The number of thiazole rings is 1. The van der Waals surface area contributed by atoms with Crippen LogP contribution in [0.4, 0.5) is 0 Å². The number of aromatic nitrogens is 1. The third-order valence-electron chi connectivity index (χ3n) is 3.68. The number of aliphatic carboxylic acids is 1. The molecule has 3 aromatic rings. The van der Waals surface area contributed by atoms with Crippen LogP contribution >= 0.6 is 11.3 Å². The molecule has 7 heteroatoms. The van der Waals surface area contributed by atoms with Crippen molar-refractivity contribution in [3.63, 3.8) is 0 Å². The molecule has 0 aliphatic heterocycles. The van der Waals surface area contributed by atoms with Crippen LogP contribution in [0.3, 0.4) is 0 Å². The summed E-state index contributed by atoms with van der Waals surface area (Å²) in [7, 11) is 1.54. The molecule has 0 radical (unpaired) electrons. The Morgan fingerprint density at radius 2 is 1.92 bits per heavy atom. The summed E-state index contributed by atoms with van der Waals surface area (Å²) in [6.45, 7) is 1.65. The summed E-state index contributed by atoms with van der Waals surface area (Å²) in [5.41, 5.74) is 2.18. The molecular formula is C18H16N2O4S. The summed E-state index contributed by atoms with van der Waals surface area (Å²) in [6, 6.07) is 12.4. The monoisotopic (exact) mass is 356 g/mol. The Bertz CT molecular complexity index is 1020. The lowest BCUT2D eigenvalue weighted by Gasteiger charge is -2.03. The number of benzene rings is 2. The Morgan fingerprint density at radius 3 is 2.56 bits per heavy atom. The summed E-state index contributed by atoms with van der Waals surface area (Å²) < 4.78 is 7.54. The Labute approximate surface area is 147 Å². The third-order valence-corrected chi connectivity index (χ3v) is 4.74. The fraction of sp³-hybridized carbons (Fsp3) is 0.167. The van der Waals surface area contributed by atoms with E-state index in [1.807, 2.05) is 25.1 Å². The molecule has 3 rings (SSSR count). The summed E-state index contributed by atoms with van der Waals surface area (Å²) >= 11 is 1.27. The summed E-state index contributed by atoms with van der Waals surface area (Å²) in [4.78, 5) is 28.1. The average Bonchev–Trinajstić information content (AvgIpc) is 2.91. The van der Waals surface area contributed by atoms with Gasteiger partial charge in [-0.15, -0.1) is 0 Å². The van der Waals surface area contributed by atoms with Crippen molar-refractivity contribution in [2.75, 3.05) is 7.11 Å². The third kappa shape index (κ3) is 3.61. The number of nitrogens with zero attached hydrogens (tertiary/aromatic N) is 2. The average molecular weight is 356 g/mol. The number of ether oxygens (including phenoxy) is 1. The molecule has 0 saturated carbocycles. The maximum Gasteiger partial charge on any atom is 0.323 e. The number of rotatable bonds is 4. The first-order valence-electron chi connectivity index (χ1n) is 7.53. The van der Waals surface area contributed by atoms with E-state index in [1.165, 1.54) is 15.9 Å². The van der Waals surface area contributed by atoms with Gasteiger partial charge in [0.2, 0.25) is 0 Å². The van der Waals surface area contributed by atoms with Crippen LogP contribution in [0, 0.1) is 6.92 Å². The predicted molar refractivity (Wildman–Crippen MR) is 95.1 cm³/mol. The quantitative estimate of drug-likeness (QED) is 0.779. The SMILES string of the molecule is COc1ccc2s/c(=N\C(=O)c3ccc(C)cc3)n(CC(=O)O)c2c1. The first kappa shape index (κ1) is 16.9. The van der Waals surface area contributed by atoms with E-state index in [0.717, 1.165) is 10.3 Å². The number of carboxylic acid groups (broad SMARTS) is 1. The second kappa shape index (κ2) is 6.90. The van der Waals surface area contributed by atoms with Gasteiger partial charge in [0.25, 0.3) is 5.91 Å². The minimum Gasteiger partial charge on any atom is -0.497 e. The van der Waals surface area contributed by atoms with E-state index in [9.17, 15) is 14.7 Å². The van der Waals surface area contributed by atoms with E-state index in [4.69, 9.17) is 4.74 Å². The van der Waals surface area contributed by atoms with Crippen LogP contribution in [0.5, 0.6) is 5.75 Å². The Hall–Kier alpha value is -2.93. The number of hydrogen-bond acceptors (Lipinski definition) is 4. The lowest BCUT2D eigenvalue weighted by atomic mass is 10.1. The van der Waals surface area contributed by atoms with Crippen LogP contribution in [0.15, 0.2) is 47.5 Å². The van der Waals surface area contributed by atoms with E-state index < -0.39 is 11.9 Å². The number of carbonyl (C=O) groups is 2. The molecule has 1 N–H and O–H groups in total. The molecule has 0 fully saturated rings. The topological polar surface area (TPSA) is 80.9 Å². The molecule has 0 aliphatic rings. The summed E-state index contributed by atoms with van der Waals surface area (Å²) in [5, 5.41) is 9.20. The molecule has 0 aliphatic carbocycles. The number of fused-ring (bicyclic) bond motifs is 1. The van der Waals surface area contributed by atoms with Gasteiger partial charge in [-0.3, -0.25) is 9.59 Å². The lowest BCUT2D eigenvalue weighted by molar-refractivity contribution is -0.137. The lowest BCUT2D eigenvalue weighted by Crippen LogP contribution is -2.21. The molecule has 0 unspecified atom stereocenters. The largest absolute Gasteiger partial charge is 0.497 e. The molecule has 0 atom stereocenters. The second-order valence-electron chi connectivity index (χ2n) is 5.48. The van der Waals surface area contributed by atoms with Crippen LogP contribution in [-0.2, 0) is 11.3 Å². The van der Waals surface area contributed by atoms with E-state index in [1.54, 1.807) is 31.4 Å². The molecule has 0 spiro atoms. The number of carboxylic acids is 1. The van der Waals surface area contributed by atoms with Gasteiger partial charge in [-0.05, 0) is 31.2 Å². The molecule has 2 aromatic carbocycles. The van der Waals surface area contributed by atoms with Crippen LogP contribution in [0.25, 0.3) is 10.2 Å². The molecule has 0 saturated heterocycles. The zero-order valence-electron chi connectivity index (χ0n) is 13.7. The Morgan fingerprint density at radius 1 is 1.20 bits per heavy atom. The number of carbonyl (C=O) groups excluding carboxylic acids is 1. The Kier molecular flexibility index (Phi) is 4.67. The van der Waals surface area contributed by atoms with Crippen molar-refractivity contribution in [1.29, 1.82) is 0 Å². The van der Waals surface area contributed by atoms with Crippen molar-refractivity contribution in [3.8, 4) is 5.75 Å². The maximum atomic E-state index is 12.4. The summed E-state index contributed by atoms with van der Waals surface area (Å²) in [6.07, 6.45) is 0. The smallest absolute Gasteiger partial charge is 0.323 e. The molecule has 1 amide bonds. The highest BCUT2D eigenvalue weighted by molar-refractivity contribution is 7.16. The van der Waals surface area contributed by atoms with Crippen molar-refractivity contribution in [2.45, 2.75) is 13.5 Å². The van der Waals surface area contributed by atoms with Gasteiger partial charge in [0, 0.05) is 11.6 Å². The minimum absolute atomic E-state index is 0.285. The highest BCUT2D eigenvalue weighted by atomic mass is 32.1. The van der Waals surface area contributed by atoms with Crippen molar-refractivity contribution < 1.29 is 19.4 Å². The van der Waals surface area contributed by atoms with Gasteiger partial charge in [0.05, 0.1) is 17.3 Å². The van der Waals surface area contributed by atoms with E-state index >= 15 is 0 Å². The van der Waals surface area contributed by atoms with Crippen molar-refractivity contribution in [2.24, 2.45) is 4.99 Å². The molecular weight excluding hydrogens is 340 g/mol. The molecule has 1 heterocycles. The fourth-order valence-corrected chi connectivity index (χ4v) is 3.40. The fourth-order valence-electron chi connectivity index (χ4n) is 2.40. The van der Waals surface area contributed by atoms with Gasteiger partial charge < -0.3 is 14.4 Å². The molecule has 1 aromatic heterocycles. The standard InChI is InChI=1S/C18H16N2O4S/c1-11-3-5-12(6-4-11)17(23)19-18-20(10-16(21)22)14-9-13(24-2)7-8-15(14)25-18/h3-9H,10H2,1-2H3,(H,21,22)/b19-18-. The van der Waals surface area contributed by atoms with Crippen molar-refractivity contribution in [1.82, 2.24) is 4.57 Å². The highest BCUT2D eigenvalue weighted by Crippen LogP contribution is 2.23. The van der Waals surface area contributed by atoms with Crippen LogP contribution < -0.4 is 9.54 Å². The van der Waals surface area contributed by atoms with Gasteiger partial charge in [-0.1, -0.05) is 29.0 Å². The van der Waals surface area contributed by atoms with E-state index in [-0.39, 0.29) is 6.54 Å². The maximum absolute atomic E-state index is 12.4. The molecule has 128 valence electrons. The molecule has 0 bridgehead atoms. The first-order valence-corrected chi connectivity index (χ1v) is 8.34. The second-order valence-corrected chi connectivity index (χ2v) is 6.49. The van der Waals surface area contributed by atoms with Gasteiger partial charge in [-0.25, -0.2) is 0 Å². The number of methoxy groups -OCH3 is 1. The van der Waals surface area contributed by atoms with Crippen molar-refractivity contribution >= 4 is 33.4 Å².